The number of aromatic nitrogens is 4. The standard InChI is InChI=1S/C18H15ClN6O3S/c1-2-9-24-17(14-5-3-4-8-20-14)22-23-18(24)29-11-16(26)21-13-7-6-12(19)10-15(13)25(27)28/h2-8,10H,1,9,11H2,(H,21,26). The molecule has 0 aliphatic carbocycles. The minimum Gasteiger partial charge on any atom is -0.320 e. The van der Waals surface area contributed by atoms with Crippen molar-refractivity contribution in [3.05, 3.63) is 70.4 Å². The lowest BCUT2D eigenvalue weighted by Gasteiger charge is -2.08. The fourth-order valence-electron chi connectivity index (χ4n) is 2.45. The summed E-state index contributed by atoms with van der Waals surface area (Å²) in [5, 5.41) is 22.7. The first-order valence-corrected chi connectivity index (χ1v) is 9.68. The zero-order chi connectivity index (χ0) is 20.8. The molecule has 29 heavy (non-hydrogen) atoms. The molecule has 9 nitrogen and oxygen atoms in total. The number of nitro benzene ring substituents is 1. The number of halogens is 1. The second-order valence-electron chi connectivity index (χ2n) is 5.68. The van der Waals surface area contributed by atoms with E-state index >= 15 is 0 Å². The Labute approximate surface area is 175 Å². The Balaban J connectivity index is 1.73. The lowest BCUT2D eigenvalue weighted by atomic mass is 10.2. The van der Waals surface area contributed by atoms with Gasteiger partial charge in [-0.05, 0) is 24.3 Å². The Morgan fingerprint density at radius 3 is 2.86 bits per heavy atom. The number of nitrogens with one attached hydrogen (secondary N) is 1. The number of hydrogen-bond acceptors (Lipinski definition) is 7. The van der Waals surface area contributed by atoms with Gasteiger partial charge in [-0.25, -0.2) is 0 Å². The summed E-state index contributed by atoms with van der Waals surface area (Å²) in [6.07, 6.45) is 3.35. The lowest BCUT2D eigenvalue weighted by molar-refractivity contribution is -0.383. The summed E-state index contributed by atoms with van der Waals surface area (Å²) in [5.41, 5.74) is 0.449. The molecule has 0 saturated heterocycles. The van der Waals surface area contributed by atoms with Gasteiger partial charge in [0.05, 0.1) is 10.7 Å². The van der Waals surface area contributed by atoms with Gasteiger partial charge in [-0.3, -0.25) is 24.5 Å². The van der Waals surface area contributed by atoms with Crippen LogP contribution in [0.5, 0.6) is 0 Å². The molecule has 0 bridgehead atoms. The summed E-state index contributed by atoms with van der Waals surface area (Å²) in [7, 11) is 0. The van der Waals surface area contributed by atoms with E-state index in [-0.39, 0.29) is 22.2 Å². The zero-order valence-corrected chi connectivity index (χ0v) is 16.6. The summed E-state index contributed by atoms with van der Waals surface area (Å²) in [6.45, 7) is 4.17. The average Bonchev–Trinajstić information content (AvgIpc) is 3.11. The number of rotatable bonds is 8. The number of benzene rings is 1. The first-order chi connectivity index (χ1) is 14.0. The minimum absolute atomic E-state index is 0.0166. The van der Waals surface area contributed by atoms with Gasteiger partial charge in [-0.1, -0.05) is 35.5 Å². The fourth-order valence-corrected chi connectivity index (χ4v) is 3.37. The maximum Gasteiger partial charge on any atom is 0.294 e. The van der Waals surface area contributed by atoms with Crippen LogP contribution in [-0.2, 0) is 11.3 Å². The van der Waals surface area contributed by atoms with Crippen LogP contribution in [-0.4, -0.2) is 36.3 Å². The van der Waals surface area contributed by atoms with Crippen molar-refractivity contribution in [1.82, 2.24) is 19.7 Å². The number of carbonyl (C=O) groups excluding carboxylic acids is 1. The molecule has 0 fully saturated rings. The summed E-state index contributed by atoms with van der Waals surface area (Å²) in [6, 6.07) is 9.50. The first kappa shape index (κ1) is 20.5. The predicted octanol–water partition coefficient (Wildman–Crippen LogP) is 3.82. The number of pyridine rings is 1. The molecule has 3 aromatic rings. The second-order valence-corrected chi connectivity index (χ2v) is 7.05. The van der Waals surface area contributed by atoms with Crippen molar-refractivity contribution in [2.75, 3.05) is 11.1 Å². The topological polar surface area (TPSA) is 116 Å². The Morgan fingerprint density at radius 1 is 1.34 bits per heavy atom. The first-order valence-electron chi connectivity index (χ1n) is 8.31. The molecule has 0 aliphatic heterocycles. The molecule has 2 heterocycles. The normalized spacial score (nSPS) is 10.5. The monoisotopic (exact) mass is 430 g/mol. The van der Waals surface area contributed by atoms with Crippen molar-refractivity contribution in [2.24, 2.45) is 0 Å². The minimum atomic E-state index is -0.603. The molecule has 148 valence electrons. The van der Waals surface area contributed by atoms with E-state index in [1.807, 2.05) is 12.1 Å². The van der Waals surface area contributed by atoms with Gasteiger partial charge in [-0.2, -0.15) is 0 Å². The molecule has 1 N–H and O–H groups in total. The Kier molecular flexibility index (Phi) is 6.57. The van der Waals surface area contributed by atoms with Crippen LogP contribution in [0.4, 0.5) is 11.4 Å². The SMILES string of the molecule is C=CCn1c(SCC(=O)Nc2ccc(Cl)cc2[N+](=O)[O-])nnc1-c1ccccn1. The van der Waals surface area contributed by atoms with E-state index in [2.05, 4.69) is 27.1 Å². The predicted molar refractivity (Wildman–Crippen MR) is 111 cm³/mol. The summed E-state index contributed by atoms with van der Waals surface area (Å²) in [5.74, 6) is 0.117. The molecule has 11 heteroatoms. The number of carbonyl (C=O) groups is 1. The van der Waals surface area contributed by atoms with Crippen molar-refractivity contribution in [1.29, 1.82) is 0 Å². The van der Waals surface area contributed by atoms with E-state index in [9.17, 15) is 14.9 Å². The largest absolute Gasteiger partial charge is 0.320 e. The van der Waals surface area contributed by atoms with Crippen molar-refractivity contribution >= 4 is 40.6 Å². The molecular formula is C18H15ClN6O3S. The number of allylic oxidation sites excluding steroid dienone is 1. The molecule has 2 aromatic heterocycles. The van der Waals surface area contributed by atoms with E-state index in [4.69, 9.17) is 11.6 Å². The van der Waals surface area contributed by atoms with Gasteiger partial charge in [-0.15, -0.1) is 16.8 Å². The highest BCUT2D eigenvalue weighted by Gasteiger charge is 2.19. The molecule has 0 saturated carbocycles. The van der Waals surface area contributed by atoms with Gasteiger partial charge in [0.25, 0.3) is 5.69 Å². The molecule has 0 atom stereocenters. The molecule has 0 aliphatic rings. The number of thioether (sulfide) groups is 1. The second kappa shape index (κ2) is 9.30. The summed E-state index contributed by atoms with van der Waals surface area (Å²) >= 11 is 6.94. The molecule has 0 spiro atoms. The molecule has 0 unspecified atom stereocenters. The fraction of sp³-hybridized carbons (Fsp3) is 0.111. The zero-order valence-electron chi connectivity index (χ0n) is 15.0. The number of nitrogens with zero attached hydrogens (tertiary/aromatic N) is 5. The third-order valence-corrected chi connectivity index (χ3v) is 4.89. The van der Waals surface area contributed by atoms with Crippen molar-refractivity contribution in [3.8, 4) is 11.5 Å². The van der Waals surface area contributed by atoms with Gasteiger partial charge in [0.15, 0.2) is 11.0 Å². The highest BCUT2D eigenvalue weighted by molar-refractivity contribution is 7.99. The molecular weight excluding hydrogens is 416 g/mol. The van der Waals surface area contributed by atoms with Crippen LogP contribution in [0.15, 0.2) is 60.4 Å². The maximum atomic E-state index is 12.3. The van der Waals surface area contributed by atoms with Gasteiger partial charge < -0.3 is 5.32 Å². The summed E-state index contributed by atoms with van der Waals surface area (Å²) < 4.78 is 1.79. The van der Waals surface area contributed by atoms with Crippen LogP contribution in [0, 0.1) is 10.1 Å². The van der Waals surface area contributed by atoms with Crippen molar-refractivity contribution < 1.29 is 9.72 Å². The Bertz CT molecular complexity index is 1060. The van der Waals surface area contributed by atoms with E-state index in [0.717, 1.165) is 11.8 Å². The third-order valence-electron chi connectivity index (χ3n) is 3.69. The van der Waals surface area contributed by atoms with Crippen molar-refractivity contribution in [3.63, 3.8) is 0 Å². The van der Waals surface area contributed by atoms with E-state index in [1.165, 1.54) is 18.2 Å². The van der Waals surface area contributed by atoms with Crippen molar-refractivity contribution in [2.45, 2.75) is 11.7 Å². The highest BCUT2D eigenvalue weighted by Crippen LogP contribution is 2.28. The van der Waals surface area contributed by atoms with E-state index < -0.39 is 10.8 Å². The average molecular weight is 431 g/mol. The molecule has 0 radical (unpaired) electrons. The molecule has 1 amide bonds. The van der Waals surface area contributed by atoms with Gasteiger partial charge >= 0.3 is 0 Å². The highest BCUT2D eigenvalue weighted by atomic mass is 35.5. The van der Waals surface area contributed by atoms with Crippen LogP contribution in [0.3, 0.4) is 0 Å². The smallest absolute Gasteiger partial charge is 0.294 e. The summed E-state index contributed by atoms with van der Waals surface area (Å²) in [4.78, 5) is 27.1. The lowest BCUT2D eigenvalue weighted by Crippen LogP contribution is -2.15. The van der Waals surface area contributed by atoms with Gasteiger partial charge in [0.1, 0.15) is 11.4 Å². The number of nitro groups is 1. The van der Waals surface area contributed by atoms with Gasteiger partial charge in [0.2, 0.25) is 5.91 Å². The van der Waals surface area contributed by atoms with E-state index in [0.29, 0.717) is 23.2 Å². The van der Waals surface area contributed by atoms with Crippen LogP contribution in [0.1, 0.15) is 0 Å². The van der Waals surface area contributed by atoms with Crippen LogP contribution in [0.2, 0.25) is 5.02 Å². The van der Waals surface area contributed by atoms with Crippen LogP contribution < -0.4 is 5.32 Å². The maximum absolute atomic E-state index is 12.3. The third kappa shape index (κ3) is 4.98. The number of amides is 1. The molecule has 3 rings (SSSR count). The number of hydrogen-bond donors (Lipinski definition) is 1. The number of anilines is 1. The molecule has 1 aromatic carbocycles. The van der Waals surface area contributed by atoms with Crippen LogP contribution >= 0.6 is 23.4 Å². The van der Waals surface area contributed by atoms with E-state index in [1.54, 1.807) is 22.9 Å². The Hall–Kier alpha value is -3.24. The van der Waals surface area contributed by atoms with Crippen LogP contribution in [0.25, 0.3) is 11.5 Å². The Morgan fingerprint density at radius 2 is 2.17 bits per heavy atom. The van der Waals surface area contributed by atoms with Gasteiger partial charge in [0, 0.05) is 23.8 Å². The quantitative estimate of drug-likeness (QED) is 0.250.